The molecule has 1 aromatic carbocycles. The average Bonchev–Trinajstić information content (AvgIpc) is 2.91. The summed E-state index contributed by atoms with van der Waals surface area (Å²) in [4.78, 5) is 11.1. The monoisotopic (exact) mass is 325 g/mol. The lowest BCUT2D eigenvalue weighted by atomic mass is 10.1. The Bertz CT molecular complexity index is 751. The Morgan fingerprint density at radius 2 is 2.05 bits per heavy atom. The van der Waals surface area contributed by atoms with Crippen LogP contribution in [0, 0.1) is 6.92 Å². The van der Waals surface area contributed by atoms with Gasteiger partial charge in [0.05, 0.1) is 10.5 Å². The van der Waals surface area contributed by atoms with Crippen LogP contribution in [-0.2, 0) is 10.0 Å². The van der Waals surface area contributed by atoms with Crippen LogP contribution in [-0.4, -0.2) is 19.5 Å². The van der Waals surface area contributed by atoms with Crippen molar-refractivity contribution in [2.45, 2.75) is 24.8 Å². The molecule has 7 heteroatoms. The van der Waals surface area contributed by atoms with Gasteiger partial charge in [0.2, 0.25) is 10.0 Å². The van der Waals surface area contributed by atoms with Gasteiger partial charge in [-0.1, -0.05) is 6.07 Å². The Morgan fingerprint density at radius 3 is 2.62 bits per heavy atom. The summed E-state index contributed by atoms with van der Waals surface area (Å²) in [5.74, 6) is -1.14. The summed E-state index contributed by atoms with van der Waals surface area (Å²) >= 11 is 1.49. The first-order chi connectivity index (χ1) is 9.83. The summed E-state index contributed by atoms with van der Waals surface area (Å²) in [6, 6.07) is 5.69. The molecule has 2 aromatic rings. The molecular weight excluding hydrogens is 310 g/mol. The highest BCUT2D eigenvalue weighted by molar-refractivity contribution is 7.89. The maximum absolute atomic E-state index is 12.4. The Balaban J connectivity index is 2.36. The van der Waals surface area contributed by atoms with E-state index in [0.717, 1.165) is 5.56 Å². The minimum atomic E-state index is -3.78. The number of benzene rings is 1. The number of sulfonamides is 1. The normalized spacial score (nSPS) is 13.0. The van der Waals surface area contributed by atoms with Gasteiger partial charge in [-0.3, -0.25) is 0 Å². The molecule has 0 fully saturated rings. The van der Waals surface area contributed by atoms with E-state index >= 15 is 0 Å². The van der Waals surface area contributed by atoms with Crippen molar-refractivity contribution >= 4 is 27.3 Å². The molecule has 112 valence electrons. The van der Waals surface area contributed by atoms with Crippen LogP contribution >= 0.6 is 11.3 Å². The van der Waals surface area contributed by atoms with Gasteiger partial charge in [0, 0.05) is 6.04 Å². The lowest BCUT2D eigenvalue weighted by molar-refractivity contribution is 0.0696. The van der Waals surface area contributed by atoms with Crippen molar-refractivity contribution in [2.24, 2.45) is 0 Å². The van der Waals surface area contributed by atoms with Crippen molar-refractivity contribution in [1.29, 1.82) is 0 Å². The Morgan fingerprint density at radius 1 is 1.33 bits per heavy atom. The van der Waals surface area contributed by atoms with Crippen molar-refractivity contribution in [3.8, 4) is 0 Å². The predicted molar refractivity (Wildman–Crippen MR) is 81.2 cm³/mol. The molecule has 0 spiro atoms. The van der Waals surface area contributed by atoms with Gasteiger partial charge in [0.25, 0.3) is 0 Å². The summed E-state index contributed by atoms with van der Waals surface area (Å²) in [5.41, 5.74) is 1.09. The molecule has 1 unspecified atom stereocenters. The molecule has 2 N–H and O–H groups in total. The molecule has 5 nitrogen and oxygen atoms in total. The first kappa shape index (κ1) is 15.7. The smallest absolute Gasteiger partial charge is 0.335 e. The van der Waals surface area contributed by atoms with E-state index in [2.05, 4.69) is 4.72 Å². The van der Waals surface area contributed by atoms with E-state index in [0.29, 0.717) is 0 Å². The number of thiophene rings is 1. The number of carboxylic acids is 1. The van der Waals surface area contributed by atoms with Crippen molar-refractivity contribution in [1.82, 2.24) is 4.72 Å². The SMILES string of the molecule is Cc1c(C(=O)O)cccc1S(=O)(=O)NC(C)c1ccsc1. The second-order valence-corrected chi connectivity index (χ2v) is 7.10. The van der Waals surface area contributed by atoms with Crippen LogP contribution in [0.1, 0.15) is 34.5 Å². The molecule has 1 atom stereocenters. The van der Waals surface area contributed by atoms with Crippen LogP contribution in [0.3, 0.4) is 0 Å². The second-order valence-electron chi connectivity index (χ2n) is 4.63. The first-order valence-electron chi connectivity index (χ1n) is 6.20. The average molecular weight is 325 g/mol. The highest BCUT2D eigenvalue weighted by Crippen LogP contribution is 2.22. The number of aromatic carboxylic acids is 1. The molecule has 1 aromatic heterocycles. The van der Waals surface area contributed by atoms with Crippen LogP contribution in [0.4, 0.5) is 0 Å². The second kappa shape index (κ2) is 5.97. The minimum Gasteiger partial charge on any atom is -0.478 e. The zero-order valence-corrected chi connectivity index (χ0v) is 13.2. The van der Waals surface area contributed by atoms with E-state index in [4.69, 9.17) is 5.11 Å². The number of carboxylic acid groups (broad SMARTS) is 1. The van der Waals surface area contributed by atoms with Crippen LogP contribution in [0.5, 0.6) is 0 Å². The lowest BCUT2D eigenvalue weighted by Crippen LogP contribution is -2.27. The molecule has 0 bridgehead atoms. The highest BCUT2D eigenvalue weighted by atomic mass is 32.2. The standard InChI is InChI=1S/C14H15NO4S2/c1-9-12(14(16)17)4-3-5-13(9)21(18,19)15-10(2)11-6-7-20-8-11/h3-8,10,15H,1-2H3,(H,16,17). The molecular formula is C14H15NO4S2. The maximum Gasteiger partial charge on any atom is 0.335 e. The molecule has 0 saturated carbocycles. The molecule has 0 aliphatic carbocycles. The Kier molecular flexibility index (Phi) is 4.46. The highest BCUT2D eigenvalue weighted by Gasteiger charge is 2.23. The summed E-state index contributed by atoms with van der Waals surface area (Å²) < 4.78 is 27.4. The topological polar surface area (TPSA) is 83.5 Å². The lowest BCUT2D eigenvalue weighted by Gasteiger charge is -2.15. The third-order valence-electron chi connectivity index (χ3n) is 3.18. The molecule has 0 amide bonds. The molecule has 1 heterocycles. The van der Waals surface area contributed by atoms with Gasteiger partial charge in [0.1, 0.15) is 0 Å². The number of rotatable bonds is 5. The summed E-state index contributed by atoms with van der Waals surface area (Å²) in [7, 11) is -3.78. The van der Waals surface area contributed by atoms with Gasteiger partial charge in [0.15, 0.2) is 0 Å². The van der Waals surface area contributed by atoms with Crippen LogP contribution < -0.4 is 4.72 Å². The van der Waals surface area contributed by atoms with Crippen LogP contribution in [0.15, 0.2) is 39.9 Å². The van der Waals surface area contributed by atoms with Gasteiger partial charge in [-0.15, -0.1) is 0 Å². The van der Waals surface area contributed by atoms with Crippen molar-refractivity contribution in [3.05, 3.63) is 51.7 Å². The van der Waals surface area contributed by atoms with Crippen LogP contribution in [0.25, 0.3) is 0 Å². The van der Waals surface area contributed by atoms with E-state index in [9.17, 15) is 13.2 Å². The Labute approximate surface area is 127 Å². The number of nitrogens with one attached hydrogen (secondary N) is 1. The molecule has 2 rings (SSSR count). The van der Waals surface area contributed by atoms with E-state index in [1.165, 1.54) is 36.5 Å². The van der Waals surface area contributed by atoms with Crippen molar-refractivity contribution < 1.29 is 18.3 Å². The minimum absolute atomic E-state index is 0.00974. The van der Waals surface area contributed by atoms with Crippen molar-refractivity contribution in [2.75, 3.05) is 0 Å². The third kappa shape index (κ3) is 3.31. The quantitative estimate of drug-likeness (QED) is 0.885. The van der Waals surface area contributed by atoms with E-state index in [1.54, 1.807) is 6.92 Å². The van der Waals surface area contributed by atoms with Gasteiger partial charge in [-0.25, -0.2) is 17.9 Å². The van der Waals surface area contributed by atoms with E-state index in [-0.39, 0.29) is 22.1 Å². The van der Waals surface area contributed by atoms with Crippen LogP contribution in [0.2, 0.25) is 0 Å². The first-order valence-corrected chi connectivity index (χ1v) is 8.63. The molecule has 21 heavy (non-hydrogen) atoms. The maximum atomic E-state index is 12.4. The fraction of sp³-hybridized carbons (Fsp3) is 0.214. The molecule has 0 saturated heterocycles. The molecule has 0 radical (unpaired) electrons. The summed E-state index contributed by atoms with van der Waals surface area (Å²) in [5, 5.41) is 12.8. The number of carbonyl (C=O) groups is 1. The summed E-state index contributed by atoms with van der Waals surface area (Å²) in [6.45, 7) is 3.24. The predicted octanol–water partition coefficient (Wildman–Crippen LogP) is 2.79. The summed E-state index contributed by atoms with van der Waals surface area (Å²) in [6.07, 6.45) is 0. The zero-order chi connectivity index (χ0) is 15.6. The van der Waals surface area contributed by atoms with Gasteiger partial charge in [-0.05, 0) is 53.9 Å². The molecule has 0 aliphatic rings. The van der Waals surface area contributed by atoms with E-state index < -0.39 is 16.0 Å². The fourth-order valence-corrected chi connectivity index (χ4v) is 4.28. The van der Waals surface area contributed by atoms with Gasteiger partial charge < -0.3 is 5.11 Å². The van der Waals surface area contributed by atoms with Gasteiger partial charge >= 0.3 is 5.97 Å². The Hall–Kier alpha value is -1.70. The zero-order valence-electron chi connectivity index (χ0n) is 11.5. The van der Waals surface area contributed by atoms with E-state index in [1.807, 2.05) is 16.8 Å². The fourth-order valence-electron chi connectivity index (χ4n) is 2.02. The third-order valence-corrected chi connectivity index (χ3v) is 5.57. The largest absolute Gasteiger partial charge is 0.478 e. The molecule has 0 aliphatic heterocycles. The number of hydrogen-bond acceptors (Lipinski definition) is 4. The van der Waals surface area contributed by atoms with Gasteiger partial charge in [-0.2, -0.15) is 11.3 Å². The van der Waals surface area contributed by atoms with Crippen molar-refractivity contribution in [3.63, 3.8) is 0 Å². The number of hydrogen-bond donors (Lipinski definition) is 2.